The number of benzene rings is 2. The monoisotopic (exact) mass is 364 g/mol. The van der Waals surface area contributed by atoms with Gasteiger partial charge in [0.25, 0.3) is 5.91 Å². The molecule has 2 aliphatic rings. The highest BCUT2D eigenvalue weighted by atomic mass is 16.7. The Balaban J connectivity index is 1.74. The van der Waals surface area contributed by atoms with Crippen LogP contribution in [0.2, 0.25) is 0 Å². The predicted molar refractivity (Wildman–Crippen MR) is 104 cm³/mol. The lowest BCUT2D eigenvalue weighted by Crippen LogP contribution is -2.27. The van der Waals surface area contributed by atoms with Crippen LogP contribution in [0, 0.1) is 12.3 Å². The standard InChI is InChI=1S/C22H24N2O3/c1-14-7-5-6-8-16(14)21(25)24-17(12-20(23-24)22(2,3)4)15-9-10-18-19(11-15)27-13-26-18/h5-11,17H,12-13H2,1-4H3. The molecule has 27 heavy (non-hydrogen) atoms. The fraction of sp³-hybridized carbons (Fsp3) is 0.364. The molecule has 0 bridgehead atoms. The fourth-order valence-electron chi connectivity index (χ4n) is 3.47. The second kappa shape index (κ2) is 6.41. The normalized spacial score (nSPS) is 18.6. The molecule has 5 nitrogen and oxygen atoms in total. The van der Waals surface area contributed by atoms with E-state index in [2.05, 4.69) is 20.8 Å². The molecule has 140 valence electrons. The van der Waals surface area contributed by atoms with Crippen LogP contribution in [0.25, 0.3) is 0 Å². The molecule has 4 rings (SSSR count). The first-order chi connectivity index (χ1) is 12.8. The van der Waals surface area contributed by atoms with Crippen molar-refractivity contribution in [2.24, 2.45) is 10.5 Å². The molecule has 2 aliphatic heterocycles. The molecule has 2 heterocycles. The minimum Gasteiger partial charge on any atom is -0.454 e. The van der Waals surface area contributed by atoms with Crippen molar-refractivity contribution in [1.29, 1.82) is 0 Å². The molecule has 0 radical (unpaired) electrons. The van der Waals surface area contributed by atoms with Gasteiger partial charge in [0, 0.05) is 23.1 Å². The Labute approximate surface area is 159 Å². The second-order valence-corrected chi connectivity index (χ2v) is 8.09. The van der Waals surface area contributed by atoms with E-state index in [0.29, 0.717) is 12.0 Å². The van der Waals surface area contributed by atoms with Crippen LogP contribution in [0.3, 0.4) is 0 Å². The number of hydrazone groups is 1. The van der Waals surface area contributed by atoms with Crippen molar-refractivity contribution in [2.45, 2.75) is 40.2 Å². The Kier molecular flexibility index (Phi) is 4.17. The number of nitrogens with zero attached hydrogens (tertiary/aromatic N) is 2. The quantitative estimate of drug-likeness (QED) is 0.775. The molecule has 5 heteroatoms. The fourth-order valence-corrected chi connectivity index (χ4v) is 3.47. The third-order valence-corrected chi connectivity index (χ3v) is 5.14. The Bertz CT molecular complexity index is 927. The van der Waals surface area contributed by atoms with Gasteiger partial charge in [-0.25, -0.2) is 5.01 Å². The average Bonchev–Trinajstić information content (AvgIpc) is 3.27. The van der Waals surface area contributed by atoms with Crippen LogP contribution in [0.4, 0.5) is 0 Å². The summed E-state index contributed by atoms with van der Waals surface area (Å²) in [5.74, 6) is 1.39. The van der Waals surface area contributed by atoms with Crippen LogP contribution in [0.1, 0.15) is 54.7 Å². The van der Waals surface area contributed by atoms with Gasteiger partial charge in [0.05, 0.1) is 6.04 Å². The summed E-state index contributed by atoms with van der Waals surface area (Å²) in [6.45, 7) is 8.57. The van der Waals surface area contributed by atoms with Crippen molar-refractivity contribution in [3.8, 4) is 11.5 Å². The minimum absolute atomic E-state index is 0.0741. The van der Waals surface area contributed by atoms with E-state index in [1.807, 2.05) is 49.4 Å². The zero-order valence-corrected chi connectivity index (χ0v) is 16.2. The number of fused-ring (bicyclic) bond motifs is 1. The van der Waals surface area contributed by atoms with E-state index in [4.69, 9.17) is 14.6 Å². The summed E-state index contributed by atoms with van der Waals surface area (Å²) in [6.07, 6.45) is 0.709. The number of hydrogen-bond donors (Lipinski definition) is 0. The second-order valence-electron chi connectivity index (χ2n) is 8.09. The van der Waals surface area contributed by atoms with E-state index in [1.54, 1.807) is 5.01 Å². The Morgan fingerprint density at radius 3 is 2.59 bits per heavy atom. The molecule has 1 atom stereocenters. The van der Waals surface area contributed by atoms with Gasteiger partial charge in [-0.05, 0) is 36.2 Å². The number of carbonyl (C=O) groups excluding carboxylic acids is 1. The smallest absolute Gasteiger partial charge is 0.274 e. The summed E-state index contributed by atoms with van der Waals surface area (Å²) in [4.78, 5) is 13.3. The SMILES string of the molecule is Cc1ccccc1C(=O)N1N=C(C(C)(C)C)CC1c1ccc2c(c1)OCO2. The summed E-state index contributed by atoms with van der Waals surface area (Å²) in [6, 6.07) is 13.4. The van der Waals surface area contributed by atoms with E-state index in [0.717, 1.165) is 28.3 Å². The zero-order valence-electron chi connectivity index (χ0n) is 16.2. The molecular weight excluding hydrogens is 340 g/mol. The van der Waals surface area contributed by atoms with Crippen molar-refractivity contribution >= 4 is 11.6 Å². The largest absolute Gasteiger partial charge is 0.454 e. The number of hydrogen-bond acceptors (Lipinski definition) is 4. The Morgan fingerprint density at radius 1 is 1.11 bits per heavy atom. The molecule has 0 aliphatic carbocycles. The molecule has 0 fully saturated rings. The van der Waals surface area contributed by atoms with Gasteiger partial charge < -0.3 is 9.47 Å². The van der Waals surface area contributed by atoms with Crippen LogP contribution >= 0.6 is 0 Å². The predicted octanol–water partition coefficient (Wildman–Crippen LogP) is 4.71. The van der Waals surface area contributed by atoms with E-state index < -0.39 is 0 Å². The van der Waals surface area contributed by atoms with Gasteiger partial charge in [-0.1, -0.05) is 45.0 Å². The molecule has 2 aromatic carbocycles. The number of rotatable bonds is 2. The van der Waals surface area contributed by atoms with E-state index in [-0.39, 0.29) is 24.2 Å². The first kappa shape index (κ1) is 17.6. The van der Waals surface area contributed by atoms with Crippen LogP contribution in [0.5, 0.6) is 11.5 Å². The average molecular weight is 364 g/mol. The van der Waals surface area contributed by atoms with E-state index in [9.17, 15) is 4.79 Å². The van der Waals surface area contributed by atoms with Crippen molar-refractivity contribution < 1.29 is 14.3 Å². The minimum atomic E-state index is -0.152. The van der Waals surface area contributed by atoms with Gasteiger partial charge in [-0.15, -0.1) is 0 Å². The number of carbonyl (C=O) groups is 1. The highest BCUT2D eigenvalue weighted by molar-refractivity contribution is 6.00. The first-order valence-corrected chi connectivity index (χ1v) is 9.21. The van der Waals surface area contributed by atoms with Gasteiger partial charge in [0.15, 0.2) is 11.5 Å². The van der Waals surface area contributed by atoms with Gasteiger partial charge in [-0.2, -0.15) is 5.10 Å². The van der Waals surface area contributed by atoms with Gasteiger partial charge in [0.2, 0.25) is 6.79 Å². The summed E-state index contributed by atoms with van der Waals surface area (Å²) in [7, 11) is 0. The highest BCUT2D eigenvalue weighted by Crippen LogP contribution is 2.41. The molecule has 0 N–H and O–H groups in total. The molecule has 1 unspecified atom stereocenters. The lowest BCUT2D eigenvalue weighted by molar-refractivity contribution is 0.0710. The maximum Gasteiger partial charge on any atom is 0.274 e. The summed E-state index contributed by atoms with van der Waals surface area (Å²) in [5.41, 5.74) is 3.56. The first-order valence-electron chi connectivity index (χ1n) is 9.21. The maximum atomic E-state index is 13.3. The summed E-state index contributed by atoms with van der Waals surface area (Å²) in [5, 5.41) is 6.40. The van der Waals surface area contributed by atoms with Crippen molar-refractivity contribution in [2.75, 3.05) is 6.79 Å². The van der Waals surface area contributed by atoms with E-state index in [1.165, 1.54) is 0 Å². The zero-order chi connectivity index (χ0) is 19.2. The van der Waals surface area contributed by atoms with Crippen LogP contribution in [0.15, 0.2) is 47.6 Å². The third kappa shape index (κ3) is 3.18. The molecule has 2 aromatic rings. The molecular formula is C22H24N2O3. The van der Waals surface area contributed by atoms with Crippen molar-refractivity contribution in [3.63, 3.8) is 0 Å². The molecule has 0 saturated heterocycles. The van der Waals surface area contributed by atoms with Crippen LogP contribution in [-0.2, 0) is 0 Å². The molecule has 0 saturated carbocycles. The lowest BCUT2D eigenvalue weighted by atomic mass is 9.85. The molecule has 1 amide bonds. The van der Waals surface area contributed by atoms with Crippen molar-refractivity contribution in [1.82, 2.24) is 5.01 Å². The molecule has 0 aromatic heterocycles. The lowest BCUT2D eigenvalue weighted by Gasteiger charge is -2.23. The van der Waals surface area contributed by atoms with Gasteiger partial charge in [0.1, 0.15) is 0 Å². The number of aryl methyl sites for hydroxylation is 1. The van der Waals surface area contributed by atoms with Gasteiger partial charge >= 0.3 is 0 Å². The number of ether oxygens (including phenoxy) is 2. The molecule has 0 spiro atoms. The Hall–Kier alpha value is -2.82. The number of amides is 1. The summed E-state index contributed by atoms with van der Waals surface area (Å²) < 4.78 is 10.9. The summed E-state index contributed by atoms with van der Waals surface area (Å²) >= 11 is 0. The van der Waals surface area contributed by atoms with Crippen molar-refractivity contribution in [3.05, 3.63) is 59.2 Å². The maximum absolute atomic E-state index is 13.3. The Morgan fingerprint density at radius 2 is 1.85 bits per heavy atom. The highest BCUT2D eigenvalue weighted by Gasteiger charge is 2.38. The third-order valence-electron chi connectivity index (χ3n) is 5.14. The van der Waals surface area contributed by atoms with Crippen LogP contribution in [-0.4, -0.2) is 23.4 Å². The van der Waals surface area contributed by atoms with E-state index >= 15 is 0 Å². The van der Waals surface area contributed by atoms with Gasteiger partial charge in [-0.3, -0.25) is 4.79 Å². The van der Waals surface area contributed by atoms with Crippen LogP contribution < -0.4 is 9.47 Å². The topological polar surface area (TPSA) is 51.1 Å².